The maximum absolute atomic E-state index is 12.8. The fraction of sp³-hybridized carbons (Fsp3) is 0.533. The Morgan fingerprint density at radius 2 is 2.14 bits per heavy atom. The summed E-state index contributed by atoms with van der Waals surface area (Å²) in [4.78, 5) is 16.1. The molecule has 0 saturated carbocycles. The monoisotopic (exact) mass is 316 g/mol. The van der Waals surface area contributed by atoms with Crippen LogP contribution in [0.4, 0.5) is 13.2 Å². The van der Waals surface area contributed by atoms with Crippen LogP contribution >= 0.6 is 0 Å². The number of carbonyl (C=O) groups is 1. The van der Waals surface area contributed by atoms with Crippen molar-refractivity contribution in [2.45, 2.75) is 12.2 Å². The van der Waals surface area contributed by atoms with E-state index in [1.165, 1.54) is 12.1 Å². The molecule has 1 amide bonds. The first-order chi connectivity index (χ1) is 10.3. The quantitative estimate of drug-likeness (QED) is 0.856. The zero-order valence-electron chi connectivity index (χ0n) is 12.6. The van der Waals surface area contributed by atoms with Crippen LogP contribution in [0.2, 0.25) is 0 Å². The Balaban J connectivity index is 2.22. The van der Waals surface area contributed by atoms with Gasteiger partial charge in [-0.3, -0.25) is 4.79 Å². The molecule has 1 aromatic rings. The van der Waals surface area contributed by atoms with E-state index >= 15 is 0 Å². The third kappa shape index (κ3) is 3.98. The molecule has 0 aliphatic carbocycles. The Morgan fingerprint density at radius 1 is 1.41 bits per heavy atom. The molecule has 0 bridgehead atoms. The average molecular weight is 316 g/mol. The van der Waals surface area contributed by atoms with Crippen LogP contribution in [0.1, 0.15) is 15.9 Å². The number of hydrogen-bond acceptors (Lipinski definition) is 3. The molecule has 1 saturated heterocycles. The maximum atomic E-state index is 12.8. The summed E-state index contributed by atoms with van der Waals surface area (Å²) in [7, 11) is 3.75. The van der Waals surface area contributed by atoms with Crippen LogP contribution in [0.15, 0.2) is 24.3 Å². The van der Waals surface area contributed by atoms with Gasteiger partial charge in [0.2, 0.25) is 0 Å². The smallest absolute Gasteiger partial charge is 0.377 e. The van der Waals surface area contributed by atoms with E-state index < -0.39 is 11.7 Å². The summed E-state index contributed by atoms with van der Waals surface area (Å²) in [5.74, 6) is -0.388. The highest BCUT2D eigenvalue weighted by Gasteiger charge is 2.33. The van der Waals surface area contributed by atoms with Gasteiger partial charge in [0.25, 0.3) is 5.91 Å². The number of ether oxygens (including phenoxy) is 1. The number of nitrogens with zero attached hydrogens (tertiary/aromatic N) is 2. The third-order valence-corrected chi connectivity index (χ3v) is 3.50. The molecular weight excluding hydrogens is 297 g/mol. The Bertz CT molecular complexity index is 532. The van der Waals surface area contributed by atoms with Crippen LogP contribution < -0.4 is 0 Å². The highest BCUT2D eigenvalue weighted by Crippen LogP contribution is 2.30. The number of likely N-dealkylation sites (N-methyl/N-ethyl adjacent to an activating group) is 1. The van der Waals surface area contributed by atoms with Gasteiger partial charge in [-0.1, -0.05) is 6.07 Å². The number of alkyl halides is 3. The molecule has 1 atom stereocenters. The van der Waals surface area contributed by atoms with E-state index in [0.29, 0.717) is 26.3 Å². The molecule has 122 valence electrons. The van der Waals surface area contributed by atoms with E-state index in [0.717, 1.165) is 12.1 Å². The summed E-state index contributed by atoms with van der Waals surface area (Å²) < 4.78 is 43.7. The van der Waals surface area contributed by atoms with Crippen LogP contribution in [0.25, 0.3) is 0 Å². The number of morpholine rings is 1. The number of hydrogen-bond donors (Lipinski definition) is 0. The van der Waals surface area contributed by atoms with Gasteiger partial charge in [-0.15, -0.1) is 0 Å². The molecule has 2 rings (SSSR count). The number of amides is 1. The average Bonchev–Trinajstić information content (AvgIpc) is 2.46. The third-order valence-electron chi connectivity index (χ3n) is 3.50. The summed E-state index contributed by atoms with van der Waals surface area (Å²) in [6, 6.07) is 4.39. The topological polar surface area (TPSA) is 32.8 Å². The Morgan fingerprint density at radius 3 is 2.77 bits per heavy atom. The molecule has 0 unspecified atom stereocenters. The van der Waals surface area contributed by atoms with E-state index in [2.05, 4.69) is 0 Å². The van der Waals surface area contributed by atoms with Crippen molar-refractivity contribution >= 4 is 5.91 Å². The van der Waals surface area contributed by atoms with Crippen molar-refractivity contribution in [1.29, 1.82) is 0 Å². The highest BCUT2D eigenvalue weighted by atomic mass is 19.4. The van der Waals surface area contributed by atoms with Crippen LogP contribution in [0.5, 0.6) is 0 Å². The lowest BCUT2D eigenvalue weighted by Crippen LogP contribution is -2.52. The number of carbonyl (C=O) groups excluding carboxylic acids is 1. The zero-order chi connectivity index (χ0) is 16.3. The molecule has 1 aliphatic heterocycles. The molecule has 4 nitrogen and oxygen atoms in total. The van der Waals surface area contributed by atoms with Crippen molar-refractivity contribution in [3.05, 3.63) is 35.4 Å². The molecule has 22 heavy (non-hydrogen) atoms. The normalized spacial score (nSPS) is 19.5. The van der Waals surface area contributed by atoms with Crippen molar-refractivity contribution in [2.75, 3.05) is 40.4 Å². The minimum atomic E-state index is -4.45. The van der Waals surface area contributed by atoms with E-state index in [1.807, 2.05) is 19.0 Å². The standard InChI is InChI=1S/C15H19F3N2O2/c1-19(2)9-13-10-22-7-6-20(13)14(21)11-4-3-5-12(8-11)15(16,17)18/h3-5,8,13H,6-7,9-10H2,1-2H3/t13-/m1/s1. The summed E-state index contributed by atoms with van der Waals surface area (Å²) in [6.07, 6.45) is -4.45. The van der Waals surface area contributed by atoms with Crippen molar-refractivity contribution in [3.63, 3.8) is 0 Å². The van der Waals surface area contributed by atoms with Gasteiger partial charge in [0.1, 0.15) is 0 Å². The second-order valence-electron chi connectivity index (χ2n) is 5.57. The van der Waals surface area contributed by atoms with Gasteiger partial charge in [0.15, 0.2) is 0 Å². The van der Waals surface area contributed by atoms with Gasteiger partial charge >= 0.3 is 6.18 Å². The molecule has 0 radical (unpaired) electrons. The van der Waals surface area contributed by atoms with Crippen LogP contribution in [0.3, 0.4) is 0 Å². The molecule has 1 heterocycles. The summed E-state index contributed by atoms with van der Waals surface area (Å²) in [5.41, 5.74) is -0.753. The van der Waals surface area contributed by atoms with Crippen LogP contribution in [-0.2, 0) is 10.9 Å². The lowest BCUT2D eigenvalue weighted by atomic mass is 10.1. The van der Waals surface area contributed by atoms with Crippen molar-refractivity contribution in [3.8, 4) is 0 Å². The first-order valence-corrected chi connectivity index (χ1v) is 6.99. The molecule has 0 N–H and O–H groups in total. The second-order valence-corrected chi connectivity index (χ2v) is 5.57. The minimum absolute atomic E-state index is 0.0560. The predicted octanol–water partition coefficient (Wildman–Crippen LogP) is 2.11. The molecule has 0 spiro atoms. The largest absolute Gasteiger partial charge is 0.416 e. The van der Waals surface area contributed by atoms with Gasteiger partial charge in [-0.2, -0.15) is 13.2 Å². The summed E-state index contributed by atoms with van der Waals surface area (Å²) >= 11 is 0. The molecule has 1 fully saturated rings. The Labute approximate surface area is 127 Å². The SMILES string of the molecule is CN(C)C[C@@H]1COCCN1C(=O)c1cccc(C(F)(F)F)c1. The number of halogens is 3. The van der Waals surface area contributed by atoms with Crippen LogP contribution in [-0.4, -0.2) is 62.1 Å². The van der Waals surface area contributed by atoms with E-state index in [9.17, 15) is 18.0 Å². The van der Waals surface area contributed by atoms with Crippen molar-refractivity contribution < 1.29 is 22.7 Å². The lowest BCUT2D eigenvalue weighted by molar-refractivity contribution is -0.137. The first-order valence-electron chi connectivity index (χ1n) is 6.99. The summed E-state index contributed by atoms with van der Waals surface area (Å²) in [5, 5.41) is 0. The van der Waals surface area contributed by atoms with Crippen LogP contribution in [0, 0.1) is 0 Å². The Kier molecular flexibility index (Phi) is 5.08. The lowest BCUT2D eigenvalue weighted by Gasteiger charge is -2.37. The zero-order valence-corrected chi connectivity index (χ0v) is 12.6. The molecule has 1 aromatic carbocycles. The van der Waals surface area contributed by atoms with Crippen molar-refractivity contribution in [1.82, 2.24) is 9.80 Å². The Hall–Kier alpha value is -1.60. The van der Waals surface area contributed by atoms with Gasteiger partial charge in [0.05, 0.1) is 24.8 Å². The fourth-order valence-corrected chi connectivity index (χ4v) is 2.49. The minimum Gasteiger partial charge on any atom is -0.377 e. The maximum Gasteiger partial charge on any atom is 0.416 e. The fourth-order valence-electron chi connectivity index (χ4n) is 2.49. The molecule has 7 heteroatoms. The summed E-state index contributed by atoms with van der Waals surface area (Å²) in [6.45, 7) is 1.77. The first kappa shape index (κ1) is 16.8. The highest BCUT2D eigenvalue weighted by molar-refractivity contribution is 5.94. The van der Waals surface area contributed by atoms with Crippen molar-refractivity contribution in [2.24, 2.45) is 0 Å². The molecule has 1 aliphatic rings. The van der Waals surface area contributed by atoms with Gasteiger partial charge in [-0.05, 0) is 32.3 Å². The number of benzene rings is 1. The second kappa shape index (κ2) is 6.66. The van der Waals surface area contributed by atoms with E-state index in [4.69, 9.17) is 4.74 Å². The van der Waals surface area contributed by atoms with Gasteiger partial charge in [0, 0.05) is 18.7 Å². The van der Waals surface area contributed by atoms with Gasteiger partial charge in [-0.25, -0.2) is 0 Å². The molecular formula is C15H19F3N2O2. The number of rotatable bonds is 3. The van der Waals surface area contributed by atoms with Gasteiger partial charge < -0.3 is 14.5 Å². The predicted molar refractivity (Wildman–Crippen MR) is 75.6 cm³/mol. The van der Waals surface area contributed by atoms with E-state index in [-0.39, 0.29) is 17.5 Å². The van der Waals surface area contributed by atoms with E-state index in [1.54, 1.807) is 4.90 Å². The molecule has 0 aromatic heterocycles.